The van der Waals surface area contributed by atoms with Crippen molar-refractivity contribution in [2.24, 2.45) is 52.3 Å². The molecule has 0 aliphatic heterocycles. The van der Waals surface area contributed by atoms with Crippen LogP contribution in [0.25, 0.3) is 0 Å². The van der Waals surface area contributed by atoms with Crippen molar-refractivity contribution in [3.8, 4) is 0 Å². The highest BCUT2D eigenvalue weighted by Crippen LogP contribution is 2.67. The minimum absolute atomic E-state index is 0.0877. The summed E-state index contributed by atoms with van der Waals surface area (Å²) in [6.07, 6.45) is 15.4. The van der Waals surface area contributed by atoms with Gasteiger partial charge in [-0.05, 0) is 123 Å². The van der Waals surface area contributed by atoms with Crippen molar-refractivity contribution in [1.82, 2.24) is 0 Å². The molecule has 3 saturated carbocycles. The molecular weight excluding hydrogens is 376 g/mol. The molecule has 0 aromatic carbocycles. The lowest BCUT2D eigenvalue weighted by molar-refractivity contribution is -0.0574. The second kappa shape index (κ2) is 8.66. The van der Waals surface area contributed by atoms with Gasteiger partial charge in [0.05, 0.1) is 6.10 Å². The number of rotatable bonds is 6. The van der Waals surface area contributed by atoms with Crippen molar-refractivity contribution < 1.29 is 5.11 Å². The van der Waals surface area contributed by atoms with Crippen LogP contribution in [0.15, 0.2) is 23.8 Å². The highest BCUT2D eigenvalue weighted by Gasteiger charge is 2.59. The first-order chi connectivity index (χ1) is 14.6. The Morgan fingerprint density at radius 1 is 1.06 bits per heavy atom. The van der Waals surface area contributed by atoms with Gasteiger partial charge in [0.25, 0.3) is 0 Å². The molecule has 0 heterocycles. The lowest BCUT2D eigenvalue weighted by atomic mass is 9.47. The molecule has 31 heavy (non-hydrogen) atoms. The summed E-state index contributed by atoms with van der Waals surface area (Å²) in [5, 5.41) is 10.3. The van der Waals surface area contributed by atoms with E-state index in [1.807, 2.05) is 0 Å². The summed E-state index contributed by atoms with van der Waals surface area (Å²) in [6.45, 7) is 19.1. The average Bonchev–Trinajstić information content (AvgIpc) is 3.05. The van der Waals surface area contributed by atoms with E-state index in [2.05, 4.69) is 54.2 Å². The molecule has 0 bridgehead atoms. The molecule has 0 amide bonds. The Morgan fingerprint density at radius 3 is 2.48 bits per heavy atom. The molecule has 1 nitrogen and oxygen atoms in total. The monoisotopic (exact) mass is 426 g/mol. The molecule has 4 rings (SSSR count). The van der Waals surface area contributed by atoms with Gasteiger partial charge in [0.2, 0.25) is 0 Å². The summed E-state index contributed by atoms with van der Waals surface area (Å²) in [5.41, 5.74) is 3.92. The zero-order valence-electron chi connectivity index (χ0n) is 21.4. The molecular formula is C30H50O. The number of allylic oxidation sites excluding steroid dienone is 2. The second-order valence-electron chi connectivity index (χ2n) is 13.1. The summed E-state index contributed by atoms with van der Waals surface area (Å²) in [7, 11) is 0. The lowest BCUT2D eigenvalue weighted by Gasteiger charge is -2.58. The molecule has 4 aliphatic carbocycles. The Bertz CT molecular complexity index is 703. The molecule has 0 spiro atoms. The number of aliphatic hydroxyl groups is 1. The first-order valence-electron chi connectivity index (χ1n) is 13.6. The molecule has 0 aromatic heterocycles. The number of aliphatic hydroxyl groups excluding tert-OH is 1. The predicted octanol–water partition coefficient (Wildman–Crippen LogP) is 8.19. The van der Waals surface area contributed by atoms with E-state index >= 15 is 0 Å². The maximum atomic E-state index is 10.3. The molecule has 3 fully saturated rings. The Kier molecular flexibility index (Phi) is 6.59. The lowest BCUT2D eigenvalue weighted by Crippen LogP contribution is -2.50. The van der Waals surface area contributed by atoms with Crippen molar-refractivity contribution in [1.29, 1.82) is 0 Å². The molecule has 0 radical (unpaired) electrons. The van der Waals surface area contributed by atoms with E-state index in [9.17, 15) is 5.11 Å². The van der Waals surface area contributed by atoms with Gasteiger partial charge >= 0.3 is 0 Å². The molecule has 1 heteroatoms. The maximum Gasteiger partial charge on any atom is 0.0577 e. The van der Waals surface area contributed by atoms with Crippen LogP contribution < -0.4 is 0 Å². The third-order valence-corrected chi connectivity index (χ3v) is 11.2. The first kappa shape index (κ1) is 23.6. The quantitative estimate of drug-likeness (QED) is 0.424. The van der Waals surface area contributed by atoms with Gasteiger partial charge < -0.3 is 5.11 Å². The Hall–Kier alpha value is -0.560. The van der Waals surface area contributed by atoms with Crippen molar-refractivity contribution in [2.45, 2.75) is 112 Å². The van der Waals surface area contributed by atoms with E-state index < -0.39 is 0 Å². The minimum Gasteiger partial charge on any atom is -0.393 e. The van der Waals surface area contributed by atoms with E-state index in [1.165, 1.54) is 56.9 Å². The largest absolute Gasteiger partial charge is 0.393 e. The fourth-order valence-corrected chi connectivity index (χ4v) is 9.41. The highest BCUT2D eigenvalue weighted by molar-refractivity contribution is 5.25. The molecule has 1 N–H and O–H groups in total. The SMILES string of the molecule is C=C(C)[C@@H](CC[C@@H](C)[C@H]1CC[C@H]2[C@@H]3CC=C4C[C@@H](O)CC[C@]4(C)[C@H]3CC[C@]12C)C(C)C. The van der Waals surface area contributed by atoms with Gasteiger partial charge in [-0.2, -0.15) is 0 Å². The van der Waals surface area contributed by atoms with Crippen LogP contribution in [0, 0.1) is 52.3 Å². The van der Waals surface area contributed by atoms with Crippen LogP contribution >= 0.6 is 0 Å². The Labute approximate surface area is 193 Å². The van der Waals surface area contributed by atoms with Gasteiger partial charge in [-0.25, -0.2) is 0 Å². The van der Waals surface area contributed by atoms with Gasteiger partial charge in [0.1, 0.15) is 0 Å². The van der Waals surface area contributed by atoms with E-state index in [4.69, 9.17) is 0 Å². The zero-order chi connectivity index (χ0) is 22.6. The Morgan fingerprint density at radius 2 is 1.81 bits per heavy atom. The van der Waals surface area contributed by atoms with Gasteiger partial charge in [0.15, 0.2) is 0 Å². The van der Waals surface area contributed by atoms with Crippen molar-refractivity contribution >= 4 is 0 Å². The number of hydrogen-bond donors (Lipinski definition) is 1. The van der Waals surface area contributed by atoms with E-state index in [-0.39, 0.29) is 6.10 Å². The van der Waals surface area contributed by atoms with Gasteiger partial charge in [0, 0.05) is 0 Å². The van der Waals surface area contributed by atoms with Crippen molar-refractivity contribution in [3.63, 3.8) is 0 Å². The molecule has 0 unspecified atom stereocenters. The topological polar surface area (TPSA) is 20.2 Å². The second-order valence-corrected chi connectivity index (χ2v) is 13.1. The van der Waals surface area contributed by atoms with E-state index in [0.717, 1.165) is 42.4 Å². The smallest absolute Gasteiger partial charge is 0.0577 e. The van der Waals surface area contributed by atoms with E-state index in [0.29, 0.717) is 22.7 Å². The fraction of sp³-hybridized carbons (Fsp3) is 0.867. The third-order valence-electron chi connectivity index (χ3n) is 11.2. The van der Waals surface area contributed by atoms with Crippen molar-refractivity contribution in [2.75, 3.05) is 0 Å². The molecule has 4 aliphatic rings. The van der Waals surface area contributed by atoms with Crippen LogP contribution in [0.1, 0.15) is 106 Å². The summed E-state index contributed by atoms with van der Waals surface area (Å²) in [6, 6.07) is 0. The molecule has 0 saturated heterocycles. The zero-order valence-corrected chi connectivity index (χ0v) is 21.4. The van der Waals surface area contributed by atoms with Crippen LogP contribution in [0.2, 0.25) is 0 Å². The first-order valence-corrected chi connectivity index (χ1v) is 13.6. The predicted molar refractivity (Wildman–Crippen MR) is 133 cm³/mol. The summed E-state index contributed by atoms with van der Waals surface area (Å²) in [4.78, 5) is 0. The minimum atomic E-state index is -0.0877. The van der Waals surface area contributed by atoms with Crippen LogP contribution in [0.3, 0.4) is 0 Å². The average molecular weight is 427 g/mol. The normalized spacial score (nSPS) is 44.1. The van der Waals surface area contributed by atoms with Gasteiger partial charge in [-0.1, -0.05) is 58.4 Å². The Balaban J connectivity index is 1.47. The van der Waals surface area contributed by atoms with Crippen LogP contribution in [0.5, 0.6) is 0 Å². The summed E-state index contributed by atoms with van der Waals surface area (Å²) >= 11 is 0. The van der Waals surface area contributed by atoms with Crippen LogP contribution in [-0.2, 0) is 0 Å². The third kappa shape index (κ3) is 4.00. The molecule has 176 valence electrons. The summed E-state index contributed by atoms with van der Waals surface area (Å²) in [5.74, 6) is 5.81. The number of hydrogen-bond acceptors (Lipinski definition) is 1. The highest BCUT2D eigenvalue weighted by atomic mass is 16.3. The van der Waals surface area contributed by atoms with Gasteiger partial charge in [-0.3, -0.25) is 0 Å². The standard InChI is InChI=1S/C30H50O/c1-19(2)24(20(3)4)10-8-21(5)26-12-13-27-25-11-9-22-18-23(31)14-16-29(22,6)28(25)15-17-30(26,27)7/h9,20-21,23-28,31H,1,8,10-18H2,2-7H3/t21-,23+,24-,25+,26-,27+,28+,29+,30-/m1/s1. The number of fused-ring (bicyclic) bond motifs is 5. The fourth-order valence-electron chi connectivity index (χ4n) is 9.41. The van der Waals surface area contributed by atoms with Crippen molar-refractivity contribution in [3.05, 3.63) is 23.8 Å². The maximum absolute atomic E-state index is 10.3. The summed E-state index contributed by atoms with van der Waals surface area (Å²) < 4.78 is 0. The molecule has 0 aromatic rings. The van der Waals surface area contributed by atoms with Crippen LogP contribution in [0.4, 0.5) is 0 Å². The van der Waals surface area contributed by atoms with E-state index in [1.54, 1.807) is 5.57 Å². The molecule has 9 atom stereocenters. The van der Waals surface area contributed by atoms with Crippen LogP contribution in [-0.4, -0.2) is 11.2 Å². The van der Waals surface area contributed by atoms with Gasteiger partial charge in [-0.15, -0.1) is 0 Å².